The number of anilines is 1. The Hall–Kier alpha value is -3.48. The SMILES string of the molecule is COC(=O)c1ccc2c(=O)n(CC(=O)N(C)c3ccccc3)cnc2c1. The van der Waals surface area contributed by atoms with Crippen molar-refractivity contribution in [3.05, 3.63) is 70.8 Å². The number of nitrogens with zero attached hydrogens (tertiary/aromatic N) is 3. The molecule has 0 aliphatic rings. The van der Waals surface area contributed by atoms with Gasteiger partial charge in [-0.25, -0.2) is 9.78 Å². The Bertz CT molecular complexity index is 1030. The first-order valence-corrected chi connectivity index (χ1v) is 7.90. The van der Waals surface area contributed by atoms with E-state index in [1.54, 1.807) is 7.05 Å². The molecule has 7 heteroatoms. The average molecular weight is 351 g/mol. The first-order chi connectivity index (χ1) is 12.5. The lowest BCUT2D eigenvalue weighted by Gasteiger charge is -2.17. The van der Waals surface area contributed by atoms with Crippen molar-refractivity contribution < 1.29 is 14.3 Å². The molecule has 0 N–H and O–H groups in total. The number of ether oxygens (including phenoxy) is 1. The fourth-order valence-corrected chi connectivity index (χ4v) is 2.56. The third kappa shape index (κ3) is 3.32. The monoisotopic (exact) mass is 351 g/mol. The van der Waals surface area contributed by atoms with E-state index in [0.717, 1.165) is 5.69 Å². The second kappa shape index (κ2) is 7.18. The van der Waals surface area contributed by atoms with Crippen LogP contribution in [0.2, 0.25) is 0 Å². The molecule has 7 nitrogen and oxygen atoms in total. The highest BCUT2D eigenvalue weighted by atomic mass is 16.5. The Morgan fingerprint density at radius 1 is 1.15 bits per heavy atom. The third-order valence-corrected chi connectivity index (χ3v) is 4.07. The molecule has 0 saturated carbocycles. The third-order valence-electron chi connectivity index (χ3n) is 4.07. The summed E-state index contributed by atoms with van der Waals surface area (Å²) in [6.07, 6.45) is 1.31. The van der Waals surface area contributed by atoms with Gasteiger partial charge in [-0.2, -0.15) is 0 Å². The van der Waals surface area contributed by atoms with Gasteiger partial charge >= 0.3 is 5.97 Å². The van der Waals surface area contributed by atoms with Crippen molar-refractivity contribution in [2.24, 2.45) is 0 Å². The van der Waals surface area contributed by atoms with Gasteiger partial charge in [-0.05, 0) is 30.3 Å². The lowest BCUT2D eigenvalue weighted by atomic mass is 10.1. The maximum atomic E-state index is 12.6. The van der Waals surface area contributed by atoms with Gasteiger partial charge in [0.2, 0.25) is 5.91 Å². The quantitative estimate of drug-likeness (QED) is 0.670. The fourth-order valence-electron chi connectivity index (χ4n) is 2.56. The second-order valence-electron chi connectivity index (χ2n) is 5.69. The van der Waals surface area contributed by atoms with Crippen LogP contribution in [0.5, 0.6) is 0 Å². The van der Waals surface area contributed by atoms with Crippen LogP contribution >= 0.6 is 0 Å². The van der Waals surface area contributed by atoms with E-state index in [4.69, 9.17) is 0 Å². The van der Waals surface area contributed by atoms with Gasteiger partial charge in [0.05, 0.1) is 29.9 Å². The van der Waals surface area contributed by atoms with E-state index in [-0.39, 0.29) is 18.0 Å². The maximum absolute atomic E-state index is 12.6. The summed E-state index contributed by atoms with van der Waals surface area (Å²) in [4.78, 5) is 42.3. The summed E-state index contributed by atoms with van der Waals surface area (Å²) in [5.74, 6) is -0.747. The molecule has 0 fully saturated rings. The zero-order valence-electron chi connectivity index (χ0n) is 14.4. The smallest absolute Gasteiger partial charge is 0.337 e. The van der Waals surface area contributed by atoms with Gasteiger partial charge in [-0.3, -0.25) is 14.2 Å². The molecule has 0 aliphatic heterocycles. The number of carbonyl (C=O) groups is 2. The molecule has 1 amide bonds. The highest BCUT2D eigenvalue weighted by Crippen LogP contribution is 2.13. The minimum absolute atomic E-state index is 0.133. The first kappa shape index (κ1) is 17.3. The lowest BCUT2D eigenvalue weighted by molar-refractivity contribution is -0.118. The summed E-state index contributed by atoms with van der Waals surface area (Å²) < 4.78 is 5.91. The number of hydrogen-bond acceptors (Lipinski definition) is 5. The number of rotatable bonds is 4. The number of esters is 1. The number of likely N-dealkylation sites (N-methyl/N-ethyl adjacent to an activating group) is 1. The standard InChI is InChI=1S/C19H17N3O4/c1-21(14-6-4-3-5-7-14)17(23)11-22-12-20-16-10-13(19(25)26-2)8-9-15(16)18(22)24/h3-10,12H,11H2,1-2H3. The van der Waals surface area contributed by atoms with Crippen molar-refractivity contribution in [1.82, 2.24) is 9.55 Å². The number of benzene rings is 2. The normalized spacial score (nSPS) is 10.5. The van der Waals surface area contributed by atoms with Crippen molar-refractivity contribution in [2.75, 3.05) is 19.1 Å². The molecule has 0 bridgehead atoms. The van der Waals surface area contributed by atoms with E-state index in [0.29, 0.717) is 16.5 Å². The van der Waals surface area contributed by atoms with Crippen LogP contribution in [0.4, 0.5) is 5.69 Å². The molecule has 132 valence electrons. The summed E-state index contributed by atoms with van der Waals surface area (Å²) in [5.41, 5.74) is 1.07. The summed E-state index contributed by atoms with van der Waals surface area (Å²) in [7, 11) is 2.94. The van der Waals surface area contributed by atoms with Crippen LogP contribution in [0.1, 0.15) is 10.4 Å². The molecular formula is C19H17N3O4. The highest BCUT2D eigenvalue weighted by molar-refractivity contribution is 5.94. The van der Waals surface area contributed by atoms with Crippen LogP contribution in [-0.2, 0) is 16.1 Å². The van der Waals surface area contributed by atoms with Gasteiger partial charge in [-0.15, -0.1) is 0 Å². The van der Waals surface area contributed by atoms with Gasteiger partial charge in [0.1, 0.15) is 6.54 Å². The number of hydrogen-bond donors (Lipinski definition) is 0. The predicted octanol–water partition coefficient (Wildman–Crippen LogP) is 1.85. The molecule has 0 atom stereocenters. The highest BCUT2D eigenvalue weighted by Gasteiger charge is 2.14. The van der Waals surface area contributed by atoms with Gasteiger partial charge < -0.3 is 9.64 Å². The zero-order valence-corrected chi connectivity index (χ0v) is 14.4. The van der Waals surface area contributed by atoms with E-state index in [2.05, 4.69) is 9.72 Å². The van der Waals surface area contributed by atoms with Crippen molar-refractivity contribution >= 4 is 28.5 Å². The largest absolute Gasteiger partial charge is 0.465 e. The second-order valence-corrected chi connectivity index (χ2v) is 5.69. The Morgan fingerprint density at radius 2 is 1.88 bits per heavy atom. The van der Waals surface area contributed by atoms with Gasteiger partial charge in [0.25, 0.3) is 5.56 Å². The van der Waals surface area contributed by atoms with Crippen molar-refractivity contribution in [3.8, 4) is 0 Å². The predicted molar refractivity (Wildman–Crippen MR) is 97.2 cm³/mol. The number of para-hydroxylation sites is 1. The minimum atomic E-state index is -0.502. The Kier molecular flexibility index (Phi) is 4.79. The molecule has 0 radical (unpaired) electrons. The van der Waals surface area contributed by atoms with E-state index in [9.17, 15) is 14.4 Å². The van der Waals surface area contributed by atoms with E-state index >= 15 is 0 Å². The van der Waals surface area contributed by atoms with E-state index in [1.807, 2.05) is 30.3 Å². The Balaban J connectivity index is 1.89. The van der Waals surface area contributed by atoms with Gasteiger partial charge in [-0.1, -0.05) is 18.2 Å². The molecule has 3 rings (SSSR count). The van der Waals surface area contributed by atoms with Crippen molar-refractivity contribution in [3.63, 3.8) is 0 Å². The van der Waals surface area contributed by atoms with Crippen molar-refractivity contribution in [2.45, 2.75) is 6.54 Å². The molecule has 3 aromatic rings. The molecule has 0 spiro atoms. The Morgan fingerprint density at radius 3 is 2.58 bits per heavy atom. The van der Waals surface area contributed by atoms with Crippen LogP contribution < -0.4 is 10.5 Å². The average Bonchev–Trinajstić information content (AvgIpc) is 2.69. The number of fused-ring (bicyclic) bond motifs is 1. The summed E-state index contributed by atoms with van der Waals surface area (Å²) in [5, 5.41) is 0.329. The van der Waals surface area contributed by atoms with Gasteiger partial charge in [0, 0.05) is 12.7 Å². The molecule has 0 saturated heterocycles. The van der Waals surface area contributed by atoms with Crippen molar-refractivity contribution in [1.29, 1.82) is 0 Å². The Labute approximate surface area is 149 Å². The molecular weight excluding hydrogens is 334 g/mol. The van der Waals surface area contributed by atoms with Crippen LogP contribution in [-0.4, -0.2) is 35.6 Å². The molecule has 26 heavy (non-hydrogen) atoms. The fraction of sp³-hybridized carbons (Fsp3) is 0.158. The maximum Gasteiger partial charge on any atom is 0.337 e. The molecule has 0 unspecified atom stereocenters. The molecule has 0 aliphatic carbocycles. The number of amides is 1. The van der Waals surface area contributed by atoms with Crippen LogP contribution in [0.3, 0.4) is 0 Å². The summed E-state index contributed by atoms with van der Waals surface area (Å²) >= 11 is 0. The lowest BCUT2D eigenvalue weighted by Crippen LogP contribution is -2.34. The molecule has 1 aromatic heterocycles. The van der Waals surface area contributed by atoms with E-state index in [1.165, 1.54) is 41.1 Å². The number of carbonyl (C=O) groups excluding carboxylic acids is 2. The molecule has 1 heterocycles. The summed E-state index contributed by atoms with van der Waals surface area (Å²) in [6.45, 7) is -0.133. The minimum Gasteiger partial charge on any atom is -0.465 e. The topological polar surface area (TPSA) is 81.5 Å². The van der Waals surface area contributed by atoms with Gasteiger partial charge in [0.15, 0.2) is 0 Å². The number of methoxy groups -OCH3 is 1. The number of aromatic nitrogens is 2. The van der Waals surface area contributed by atoms with Crippen LogP contribution in [0, 0.1) is 0 Å². The zero-order chi connectivity index (χ0) is 18.7. The first-order valence-electron chi connectivity index (χ1n) is 7.90. The summed E-state index contributed by atoms with van der Waals surface area (Å²) in [6, 6.07) is 13.7. The van der Waals surface area contributed by atoms with Crippen LogP contribution in [0.25, 0.3) is 10.9 Å². The molecule has 2 aromatic carbocycles. The van der Waals surface area contributed by atoms with E-state index < -0.39 is 5.97 Å². The van der Waals surface area contributed by atoms with Crippen LogP contribution in [0.15, 0.2) is 59.7 Å².